The molecule has 0 saturated heterocycles. The average Bonchev–Trinajstić information content (AvgIpc) is 3.16. The van der Waals surface area contributed by atoms with E-state index in [4.69, 9.17) is 13.0 Å². The van der Waals surface area contributed by atoms with Crippen LogP contribution in [-0.4, -0.2) is 70.8 Å². The van der Waals surface area contributed by atoms with Gasteiger partial charge in [-0.1, -0.05) is 59.8 Å². The standard InChI is InChI=1S/C15H17O8.C12H24.CHF3O3S.Ru/c1-20-12(16)8-6-5-7-9(13(17)21-2)11(15(19)23-4)10(8)14(18)22-3;1-7-8(2)10(4)12(6)11(5)9(7)3;2-1(3,4)8(5,6)7;/h5-8,11H,1-4H3;7-12H,1-6H3;(H,5,6,7);/q-1;;;+2/p-1. The molecule has 1 saturated carbocycles. The zero-order valence-electron chi connectivity index (χ0n) is 26.2. The van der Waals surface area contributed by atoms with Crippen molar-refractivity contribution < 1.29 is 83.7 Å². The Morgan fingerprint density at radius 2 is 1.11 bits per heavy atom. The van der Waals surface area contributed by atoms with Crippen molar-refractivity contribution in [2.24, 2.45) is 47.3 Å². The van der Waals surface area contributed by atoms with Gasteiger partial charge in [0, 0.05) is 5.57 Å². The van der Waals surface area contributed by atoms with Gasteiger partial charge in [0.1, 0.15) is 0 Å². The second-order valence-corrected chi connectivity index (χ2v) is 11.8. The summed E-state index contributed by atoms with van der Waals surface area (Å²) in [5, 5.41) is 0. The second kappa shape index (κ2) is 18.5. The molecule has 2 unspecified atom stereocenters. The topological polar surface area (TPSA) is 162 Å². The third-order valence-corrected chi connectivity index (χ3v) is 9.10. The van der Waals surface area contributed by atoms with E-state index in [9.17, 15) is 32.3 Å². The summed E-state index contributed by atoms with van der Waals surface area (Å²) >= 11 is 0. The number of methoxy groups -OCH3 is 4. The molecule has 0 N–H and O–H groups in total. The normalized spacial score (nSPS) is 28.1. The monoisotopic (exact) mass is 744 g/mol. The summed E-state index contributed by atoms with van der Waals surface area (Å²) in [6.45, 7) is 14.5. The number of ether oxygens (including phenoxy) is 4. The van der Waals surface area contributed by atoms with Crippen LogP contribution in [0, 0.1) is 53.3 Å². The first-order valence-electron chi connectivity index (χ1n) is 13.2. The number of alkyl halides is 3. The van der Waals surface area contributed by atoms with Gasteiger partial charge in [-0.05, 0) is 47.3 Å². The third-order valence-electron chi connectivity index (χ3n) is 8.53. The molecular formula is C28H41F3O11RuS. The Labute approximate surface area is 269 Å². The Hall–Kier alpha value is -2.45. The summed E-state index contributed by atoms with van der Waals surface area (Å²) in [5.41, 5.74) is -5.80. The molecule has 11 nitrogen and oxygen atoms in total. The maximum Gasteiger partial charge on any atom is 2.00 e. The van der Waals surface area contributed by atoms with Crippen LogP contribution < -0.4 is 0 Å². The van der Waals surface area contributed by atoms with E-state index >= 15 is 0 Å². The van der Waals surface area contributed by atoms with Gasteiger partial charge in [0.05, 0.1) is 28.4 Å². The zero-order valence-corrected chi connectivity index (χ0v) is 28.8. The van der Waals surface area contributed by atoms with E-state index in [-0.39, 0.29) is 31.0 Å². The molecule has 0 heterocycles. The van der Waals surface area contributed by atoms with Gasteiger partial charge in [0.15, 0.2) is 16.1 Å². The zero-order chi connectivity index (χ0) is 34.0. The molecule has 0 radical (unpaired) electrons. The summed E-state index contributed by atoms with van der Waals surface area (Å²) in [6.07, 6.45) is 3.96. The summed E-state index contributed by atoms with van der Waals surface area (Å²) in [6, 6.07) is 0. The number of hydrogen-bond donors (Lipinski definition) is 0. The number of esters is 4. The number of carbonyl (C=O) groups excluding carboxylic acids is 4. The van der Waals surface area contributed by atoms with Gasteiger partial charge >= 0.3 is 31.0 Å². The van der Waals surface area contributed by atoms with Gasteiger partial charge in [0.25, 0.3) is 11.9 Å². The molecule has 0 aromatic heterocycles. The number of hydrogen-bond acceptors (Lipinski definition) is 11. The molecule has 44 heavy (non-hydrogen) atoms. The molecule has 254 valence electrons. The molecule has 2 aliphatic rings. The number of allylic oxidation sites excluding steroid dienone is 2. The molecule has 0 spiro atoms. The molecule has 0 aliphatic heterocycles. The molecule has 16 heteroatoms. The van der Waals surface area contributed by atoms with Gasteiger partial charge < -0.3 is 23.5 Å². The summed E-state index contributed by atoms with van der Waals surface area (Å²) in [7, 11) is -1.64. The van der Waals surface area contributed by atoms with E-state index in [1.807, 2.05) is 0 Å². The first-order valence-corrected chi connectivity index (χ1v) is 14.6. The minimum Gasteiger partial charge on any atom is -0.741 e. The molecule has 0 aromatic carbocycles. The van der Waals surface area contributed by atoms with Crippen LogP contribution in [0.1, 0.15) is 41.5 Å². The molecular weight excluding hydrogens is 702 g/mol. The summed E-state index contributed by atoms with van der Waals surface area (Å²) in [4.78, 5) is 48.2. The molecule has 0 aromatic rings. The summed E-state index contributed by atoms with van der Waals surface area (Å²) in [5.74, 6) is -0.929. The molecule has 2 aliphatic carbocycles. The molecule has 2 rings (SSSR count). The van der Waals surface area contributed by atoms with E-state index in [2.05, 4.69) is 60.5 Å². The molecule has 2 atom stereocenters. The Kier molecular flexibility index (Phi) is 18.4. The fraction of sp³-hybridized carbons (Fsp3) is 0.679. The van der Waals surface area contributed by atoms with Crippen molar-refractivity contribution in [1.29, 1.82) is 0 Å². The number of rotatable bonds is 4. The molecule has 0 bridgehead atoms. The third kappa shape index (κ3) is 11.2. The van der Waals surface area contributed by atoms with Crippen molar-refractivity contribution in [3.8, 4) is 0 Å². The van der Waals surface area contributed by atoms with Crippen LogP contribution in [0.3, 0.4) is 0 Å². The number of halogens is 3. The minimum absolute atomic E-state index is 0. The van der Waals surface area contributed by atoms with Crippen LogP contribution in [0.2, 0.25) is 0 Å². The molecule has 0 amide bonds. The Morgan fingerprint density at radius 3 is 1.39 bits per heavy atom. The van der Waals surface area contributed by atoms with Crippen molar-refractivity contribution >= 4 is 34.0 Å². The SMILES string of the molecule is CC1C(C)C(C)C(C)C(C)C1C.COC(=O)C1=CC=CC(C(=O)OC)[C-](C(=O)OC)C1C(=O)OC.O=S(=O)([O-])C(F)(F)F.[Ru+2]. The van der Waals surface area contributed by atoms with Crippen LogP contribution in [0.4, 0.5) is 13.2 Å². The Balaban J connectivity index is 0. The van der Waals surface area contributed by atoms with E-state index < -0.39 is 51.3 Å². The first kappa shape index (κ1) is 43.7. The van der Waals surface area contributed by atoms with Crippen LogP contribution in [0.15, 0.2) is 23.8 Å². The van der Waals surface area contributed by atoms with Crippen LogP contribution in [0.25, 0.3) is 0 Å². The average molecular weight is 744 g/mol. The maximum absolute atomic E-state index is 12.2. The van der Waals surface area contributed by atoms with Gasteiger partial charge in [-0.3, -0.25) is 14.4 Å². The van der Waals surface area contributed by atoms with Crippen LogP contribution in [-0.2, 0) is 67.7 Å². The van der Waals surface area contributed by atoms with E-state index in [1.165, 1.54) is 18.2 Å². The van der Waals surface area contributed by atoms with Gasteiger partial charge in [0.2, 0.25) is 0 Å². The van der Waals surface area contributed by atoms with E-state index in [1.54, 1.807) is 0 Å². The maximum atomic E-state index is 12.2. The first-order chi connectivity index (χ1) is 19.6. The summed E-state index contributed by atoms with van der Waals surface area (Å²) < 4.78 is 77.5. The van der Waals surface area contributed by atoms with Crippen molar-refractivity contribution in [3.63, 3.8) is 0 Å². The Bertz CT molecular complexity index is 1100. The van der Waals surface area contributed by atoms with Crippen molar-refractivity contribution in [1.82, 2.24) is 0 Å². The van der Waals surface area contributed by atoms with E-state index in [0.29, 0.717) is 0 Å². The van der Waals surface area contributed by atoms with Crippen LogP contribution >= 0.6 is 0 Å². The fourth-order valence-electron chi connectivity index (χ4n) is 5.06. The van der Waals surface area contributed by atoms with Crippen molar-refractivity contribution in [3.05, 3.63) is 29.7 Å². The van der Waals surface area contributed by atoms with E-state index in [0.717, 1.165) is 63.9 Å². The Morgan fingerprint density at radius 1 is 0.750 bits per heavy atom. The smallest absolute Gasteiger partial charge is 0.741 e. The second-order valence-electron chi connectivity index (χ2n) is 10.5. The molecule has 1 fully saturated rings. The fourth-order valence-corrected chi connectivity index (χ4v) is 5.06. The predicted molar refractivity (Wildman–Crippen MR) is 146 cm³/mol. The van der Waals surface area contributed by atoms with Gasteiger partial charge in [-0.15, -0.1) is 0 Å². The van der Waals surface area contributed by atoms with Crippen LogP contribution in [0.5, 0.6) is 0 Å². The van der Waals surface area contributed by atoms with Gasteiger partial charge in [-0.25, -0.2) is 19.1 Å². The van der Waals surface area contributed by atoms with Gasteiger partial charge in [-0.2, -0.15) is 13.2 Å². The van der Waals surface area contributed by atoms with Crippen molar-refractivity contribution in [2.45, 2.75) is 47.1 Å². The van der Waals surface area contributed by atoms with Crippen molar-refractivity contribution in [2.75, 3.05) is 28.4 Å². The number of carbonyl (C=O) groups is 4. The minimum atomic E-state index is -6.09. The largest absolute Gasteiger partial charge is 2.00 e. The predicted octanol–water partition coefficient (Wildman–Crippen LogP) is 3.85. The quantitative estimate of drug-likeness (QED) is 0.103.